The molecule has 0 unspecified atom stereocenters. The fraction of sp³-hybridized carbons (Fsp3) is 0.154. The largest absolute Gasteiger partial charge is 0.497 e. The molecule has 2 rings (SSSR count). The summed E-state index contributed by atoms with van der Waals surface area (Å²) < 4.78 is 6.57. The predicted octanol–water partition coefficient (Wildman–Crippen LogP) is 1.64. The molecule has 0 aliphatic heterocycles. The third-order valence-corrected chi connectivity index (χ3v) is 2.56. The van der Waals surface area contributed by atoms with Gasteiger partial charge in [0.1, 0.15) is 5.75 Å². The van der Waals surface area contributed by atoms with Gasteiger partial charge in [-0.15, -0.1) is 0 Å². The van der Waals surface area contributed by atoms with E-state index in [2.05, 4.69) is 0 Å². The van der Waals surface area contributed by atoms with E-state index in [4.69, 9.17) is 10.5 Å². The van der Waals surface area contributed by atoms with Crippen molar-refractivity contribution in [2.45, 2.75) is 6.54 Å². The maximum Gasteiger partial charge on any atom is 0.261 e. The van der Waals surface area contributed by atoms with Gasteiger partial charge in [-0.2, -0.15) is 0 Å². The third-order valence-electron chi connectivity index (χ3n) is 2.56. The number of nitrogens with two attached hydrogens (primary N) is 1. The van der Waals surface area contributed by atoms with Gasteiger partial charge in [0.2, 0.25) is 0 Å². The van der Waals surface area contributed by atoms with E-state index >= 15 is 0 Å². The number of ether oxygens (including phenoxy) is 1. The number of carbonyl (C=O) groups is 1. The lowest BCUT2D eigenvalue weighted by molar-refractivity contribution is 0.0960. The lowest BCUT2D eigenvalue weighted by Crippen LogP contribution is -2.09. The van der Waals surface area contributed by atoms with Crippen LogP contribution in [0.15, 0.2) is 42.7 Å². The van der Waals surface area contributed by atoms with Crippen LogP contribution in [0.2, 0.25) is 0 Å². The molecule has 0 bridgehead atoms. The first-order valence-corrected chi connectivity index (χ1v) is 5.30. The van der Waals surface area contributed by atoms with E-state index in [1.165, 1.54) is 4.57 Å². The Morgan fingerprint density at radius 1 is 1.29 bits per heavy atom. The second kappa shape index (κ2) is 4.84. The molecule has 0 spiro atoms. The Kier molecular flexibility index (Phi) is 3.25. The van der Waals surface area contributed by atoms with E-state index in [9.17, 15) is 4.79 Å². The Balaban J connectivity index is 2.23. The van der Waals surface area contributed by atoms with Crippen molar-refractivity contribution >= 4 is 5.91 Å². The Morgan fingerprint density at radius 2 is 2.00 bits per heavy atom. The number of carbonyl (C=O) groups excluding carboxylic acids is 1. The number of methoxy groups -OCH3 is 1. The third kappa shape index (κ3) is 2.37. The Labute approximate surface area is 99.6 Å². The van der Waals surface area contributed by atoms with E-state index in [1.54, 1.807) is 43.8 Å². The van der Waals surface area contributed by atoms with Crippen molar-refractivity contribution in [3.63, 3.8) is 0 Å². The van der Waals surface area contributed by atoms with Crippen LogP contribution in [0, 0.1) is 0 Å². The van der Waals surface area contributed by atoms with Gasteiger partial charge in [-0.3, -0.25) is 9.36 Å². The molecule has 2 N–H and O–H groups in total. The highest BCUT2D eigenvalue weighted by Crippen LogP contribution is 2.13. The standard InChI is InChI=1S/C13H14N2O2/c1-17-12-4-2-11(3-5-12)13(16)15-7-6-10(8-14)9-15/h2-7,9H,8,14H2,1H3. The van der Waals surface area contributed by atoms with Crippen LogP contribution in [0.5, 0.6) is 5.75 Å². The zero-order valence-electron chi connectivity index (χ0n) is 9.59. The minimum Gasteiger partial charge on any atom is -0.497 e. The van der Waals surface area contributed by atoms with Crippen LogP contribution in [-0.4, -0.2) is 17.6 Å². The van der Waals surface area contributed by atoms with E-state index in [-0.39, 0.29) is 5.91 Å². The van der Waals surface area contributed by atoms with Gasteiger partial charge in [0.05, 0.1) is 7.11 Å². The van der Waals surface area contributed by atoms with Crippen molar-refractivity contribution in [1.82, 2.24) is 4.57 Å². The van der Waals surface area contributed by atoms with Crippen molar-refractivity contribution in [1.29, 1.82) is 0 Å². The van der Waals surface area contributed by atoms with Crippen LogP contribution in [0.3, 0.4) is 0 Å². The number of rotatable bonds is 3. The fourth-order valence-electron chi connectivity index (χ4n) is 1.57. The number of aromatic nitrogens is 1. The first-order valence-electron chi connectivity index (χ1n) is 5.30. The zero-order chi connectivity index (χ0) is 12.3. The van der Waals surface area contributed by atoms with E-state index in [1.807, 2.05) is 6.07 Å². The van der Waals surface area contributed by atoms with Crippen LogP contribution in [0.25, 0.3) is 0 Å². The molecule has 2 aromatic rings. The summed E-state index contributed by atoms with van der Waals surface area (Å²) in [7, 11) is 1.59. The summed E-state index contributed by atoms with van der Waals surface area (Å²) in [5.74, 6) is 0.657. The maximum atomic E-state index is 12.1. The lowest BCUT2D eigenvalue weighted by Gasteiger charge is -2.03. The van der Waals surface area contributed by atoms with Gasteiger partial charge in [-0.05, 0) is 35.9 Å². The van der Waals surface area contributed by atoms with Crippen molar-refractivity contribution < 1.29 is 9.53 Å². The van der Waals surface area contributed by atoms with Crippen molar-refractivity contribution in [2.75, 3.05) is 7.11 Å². The molecule has 4 heteroatoms. The summed E-state index contributed by atoms with van der Waals surface area (Å²) in [6.45, 7) is 0.433. The summed E-state index contributed by atoms with van der Waals surface area (Å²) in [6.07, 6.45) is 3.46. The van der Waals surface area contributed by atoms with Gasteiger partial charge in [0.15, 0.2) is 0 Å². The molecule has 17 heavy (non-hydrogen) atoms. The summed E-state index contributed by atoms with van der Waals surface area (Å²) in [5.41, 5.74) is 7.05. The summed E-state index contributed by atoms with van der Waals surface area (Å²) in [6, 6.07) is 8.84. The van der Waals surface area contributed by atoms with Gasteiger partial charge in [0, 0.05) is 24.5 Å². The number of nitrogens with zero attached hydrogens (tertiary/aromatic N) is 1. The average molecular weight is 230 g/mol. The smallest absolute Gasteiger partial charge is 0.261 e. The van der Waals surface area contributed by atoms with Gasteiger partial charge < -0.3 is 10.5 Å². The second-order valence-corrected chi connectivity index (χ2v) is 3.66. The van der Waals surface area contributed by atoms with Crippen molar-refractivity contribution in [3.8, 4) is 5.75 Å². The van der Waals surface area contributed by atoms with E-state index in [0.717, 1.165) is 11.3 Å². The van der Waals surface area contributed by atoms with Crippen LogP contribution < -0.4 is 10.5 Å². The summed E-state index contributed by atoms with van der Waals surface area (Å²) >= 11 is 0. The number of hydrogen-bond donors (Lipinski definition) is 1. The molecule has 0 saturated heterocycles. The lowest BCUT2D eigenvalue weighted by atomic mass is 10.2. The first-order chi connectivity index (χ1) is 8.24. The van der Waals surface area contributed by atoms with Crippen molar-refractivity contribution in [2.24, 2.45) is 5.73 Å². The Morgan fingerprint density at radius 3 is 2.53 bits per heavy atom. The predicted molar refractivity (Wildman–Crippen MR) is 65.0 cm³/mol. The van der Waals surface area contributed by atoms with E-state index in [0.29, 0.717) is 12.1 Å². The summed E-state index contributed by atoms with van der Waals surface area (Å²) in [5, 5.41) is 0. The Hall–Kier alpha value is -2.07. The van der Waals surface area contributed by atoms with Crippen LogP contribution in [0.4, 0.5) is 0 Å². The molecule has 0 aliphatic carbocycles. The second-order valence-electron chi connectivity index (χ2n) is 3.66. The maximum absolute atomic E-state index is 12.1. The molecule has 0 atom stereocenters. The van der Waals surface area contributed by atoms with Gasteiger partial charge >= 0.3 is 0 Å². The molecule has 0 aliphatic rings. The SMILES string of the molecule is COc1ccc(C(=O)n2ccc(CN)c2)cc1. The first kappa shape index (κ1) is 11.4. The Bertz CT molecular complexity index is 514. The van der Waals surface area contributed by atoms with Gasteiger partial charge in [-0.25, -0.2) is 0 Å². The number of benzene rings is 1. The molecule has 1 aromatic carbocycles. The van der Waals surface area contributed by atoms with Gasteiger partial charge in [-0.1, -0.05) is 0 Å². The van der Waals surface area contributed by atoms with Crippen LogP contribution >= 0.6 is 0 Å². The molecule has 1 heterocycles. The molecule has 0 fully saturated rings. The molecule has 1 aromatic heterocycles. The van der Waals surface area contributed by atoms with Crippen LogP contribution in [0.1, 0.15) is 15.9 Å². The topological polar surface area (TPSA) is 57.2 Å². The van der Waals surface area contributed by atoms with Crippen LogP contribution in [-0.2, 0) is 6.54 Å². The molecular weight excluding hydrogens is 216 g/mol. The molecule has 4 nitrogen and oxygen atoms in total. The fourth-order valence-corrected chi connectivity index (χ4v) is 1.57. The monoisotopic (exact) mass is 230 g/mol. The zero-order valence-corrected chi connectivity index (χ0v) is 9.59. The highest BCUT2D eigenvalue weighted by Gasteiger charge is 2.08. The average Bonchev–Trinajstić information content (AvgIpc) is 2.87. The normalized spacial score (nSPS) is 10.2. The molecule has 0 radical (unpaired) electrons. The molecular formula is C13H14N2O2. The quantitative estimate of drug-likeness (QED) is 0.872. The molecule has 0 saturated carbocycles. The minimum absolute atomic E-state index is 0.0765. The molecule has 88 valence electrons. The minimum atomic E-state index is -0.0765. The highest BCUT2D eigenvalue weighted by molar-refractivity contribution is 5.96. The molecule has 0 amide bonds. The number of hydrogen-bond acceptors (Lipinski definition) is 3. The highest BCUT2D eigenvalue weighted by atomic mass is 16.5. The van der Waals surface area contributed by atoms with Crippen molar-refractivity contribution in [3.05, 3.63) is 53.9 Å². The summed E-state index contributed by atoms with van der Waals surface area (Å²) in [4.78, 5) is 12.1. The van der Waals surface area contributed by atoms with E-state index < -0.39 is 0 Å². The van der Waals surface area contributed by atoms with Gasteiger partial charge in [0.25, 0.3) is 5.91 Å².